The summed E-state index contributed by atoms with van der Waals surface area (Å²) in [5.74, 6) is 0.511. The number of H-pyrrole nitrogens is 2. The Morgan fingerprint density at radius 2 is 1.64 bits per heavy atom. The number of hydrogen-bond donors (Lipinski definition) is 3. The van der Waals surface area contributed by atoms with E-state index in [0.717, 1.165) is 33.9 Å². The number of nitrogens with one attached hydrogen (secondary N) is 2. The highest BCUT2D eigenvalue weighted by atomic mass is 16.4. The third-order valence-electron chi connectivity index (χ3n) is 4.29. The van der Waals surface area contributed by atoms with Crippen LogP contribution in [-0.4, -0.2) is 31.0 Å². The van der Waals surface area contributed by atoms with Crippen LogP contribution in [0, 0.1) is 13.8 Å². The third-order valence-corrected chi connectivity index (χ3v) is 4.29. The fourth-order valence-electron chi connectivity index (χ4n) is 2.84. The minimum atomic E-state index is -0.958. The molecule has 25 heavy (non-hydrogen) atoms. The van der Waals surface area contributed by atoms with Crippen LogP contribution in [0.2, 0.25) is 0 Å². The summed E-state index contributed by atoms with van der Waals surface area (Å²) in [7, 11) is 0. The Bertz CT molecular complexity index is 1090. The Morgan fingerprint density at radius 3 is 2.24 bits per heavy atom. The van der Waals surface area contributed by atoms with Gasteiger partial charge in [-0.05, 0) is 32.0 Å². The summed E-state index contributed by atoms with van der Waals surface area (Å²) < 4.78 is 0. The summed E-state index contributed by atoms with van der Waals surface area (Å²) >= 11 is 0. The molecule has 0 aliphatic heterocycles. The molecule has 0 radical (unpaired) electrons. The van der Waals surface area contributed by atoms with E-state index >= 15 is 0 Å². The number of carboxylic acids is 1. The molecule has 2 aromatic heterocycles. The molecule has 6 nitrogen and oxygen atoms in total. The number of aromatic amines is 2. The molecule has 0 aliphatic carbocycles. The monoisotopic (exact) mass is 332 g/mol. The molecule has 0 bridgehead atoms. The van der Waals surface area contributed by atoms with E-state index in [1.807, 2.05) is 38.1 Å². The lowest BCUT2D eigenvalue weighted by atomic mass is 10.1. The Labute approximate surface area is 143 Å². The van der Waals surface area contributed by atoms with Crippen LogP contribution in [0.4, 0.5) is 0 Å². The maximum Gasteiger partial charge on any atom is 0.335 e. The smallest absolute Gasteiger partial charge is 0.335 e. The fraction of sp³-hybridized carbons (Fsp3) is 0.105. The van der Waals surface area contributed by atoms with Crippen molar-refractivity contribution in [2.75, 3.05) is 0 Å². The maximum atomic E-state index is 11.1. The first-order valence-corrected chi connectivity index (χ1v) is 7.89. The zero-order chi connectivity index (χ0) is 17.6. The average molecular weight is 332 g/mol. The van der Waals surface area contributed by atoms with Gasteiger partial charge < -0.3 is 15.1 Å². The van der Waals surface area contributed by atoms with Crippen molar-refractivity contribution in [3.63, 3.8) is 0 Å². The molecule has 3 N–H and O–H groups in total. The second-order valence-corrected chi connectivity index (χ2v) is 5.96. The molecule has 124 valence electrons. The molecule has 0 unspecified atom stereocenters. The highest BCUT2D eigenvalue weighted by Crippen LogP contribution is 2.30. The number of carbonyl (C=O) groups is 1. The Kier molecular flexibility index (Phi) is 3.39. The molecule has 2 heterocycles. The second-order valence-electron chi connectivity index (χ2n) is 5.96. The minimum Gasteiger partial charge on any atom is -0.478 e. The predicted molar refractivity (Wildman–Crippen MR) is 95.5 cm³/mol. The standard InChI is InChI=1S/C19H16N4O2/c1-10-11(2)21-17(20-10)13-5-3-4-6-14(13)18-22-15-8-7-12(19(24)25)9-16(15)23-18/h3-9H,1-2H3,(H,20,21)(H,22,23)(H,24,25). The summed E-state index contributed by atoms with van der Waals surface area (Å²) in [5.41, 5.74) is 5.48. The topological polar surface area (TPSA) is 94.7 Å². The van der Waals surface area contributed by atoms with Crippen LogP contribution in [0.3, 0.4) is 0 Å². The lowest BCUT2D eigenvalue weighted by molar-refractivity contribution is 0.0697. The number of imidazole rings is 2. The number of rotatable bonds is 3. The van der Waals surface area contributed by atoms with Gasteiger partial charge in [-0.2, -0.15) is 0 Å². The van der Waals surface area contributed by atoms with Crippen LogP contribution in [0.25, 0.3) is 33.8 Å². The van der Waals surface area contributed by atoms with Gasteiger partial charge in [-0.3, -0.25) is 0 Å². The van der Waals surface area contributed by atoms with E-state index in [4.69, 9.17) is 5.11 Å². The zero-order valence-electron chi connectivity index (χ0n) is 13.8. The molecule has 0 saturated heterocycles. The average Bonchev–Trinajstić information content (AvgIpc) is 3.17. The van der Waals surface area contributed by atoms with E-state index in [1.165, 1.54) is 0 Å². The summed E-state index contributed by atoms with van der Waals surface area (Å²) in [4.78, 5) is 26.9. The van der Waals surface area contributed by atoms with Gasteiger partial charge in [0.1, 0.15) is 11.6 Å². The summed E-state index contributed by atoms with van der Waals surface area (Å²) in [6.07, 6.45) is 0. The Hall–Kier alpha value is -3.41. The SMILES string of the molecule is Cc1nc(-c2ccccc2-c2nc3ccc(C(=O)O)cc3[nH]2)[nH]c1C. The highest BCUT2D eigenvalue weighted by Gasteiger charge is 2.15. The van der Waals surface area contributed by atoms with Gasteiger partial charge in [0.2, 0.25) is 0 Å². The number of fused-ring (bicyclic) bond motifs is 1. The first-order chi connectivity index (χ1) is 12.0. The first kappa shape index (κ1) is 15.1. The maximum absolute atomic E-state index is 11.1. The molecule has 6 heteroatoms. The van der Waals surface area contributed by atoms with Crippen LogP contribution in [-0.2, 0) is 0 Å². The van der Waals surface area contributed by atoms with Crippen LogP contribution in [0.15, 0.2) is 42.5 Å². The molecule has 0 saturated carbocycles. The lowest BCUT2D eigenvalue weighted by Crippen LogP contribution is -1.94. The molecule has 4 rings (SSSR count). The van der Waals surface area contributed by atoms with Gasteiger partial charge >= 0.3 is 5.97 Å². The highest BCUT2D eigenvalue weighted by molar-refractivity contribution is 5.93. The van der Waals surface area contributed by atoms with Gasteiger partial charge in [0.05, 0.1) is 22.3 Å². The van der Waals surface area contributed by atoms with E-state index in [2.05, 4.69) is 19.9 Å². The summed E-state index contributed by atoms with van der Waals surface area (Å²) in [5, 5.41) is 9.14. The molecule has 0 spiro atoms. The van der Waals surface area contributed by atoms with E-state index in [9.17, 15) is 4.79 Å². The molecule has 0 atom stereocenters. The summed E-state index contributed by atoms with van der Waals surface area (Å²) in [6.45, 7) is 3.95. The largest absolute Gasteiger partial charge is 0.478 e. The molecular formula is C19H16N4O2. The molecule has 0 aliphatic rings. The quantitative estimate of drug-likeness (QED) is 0.529. The number of hydrogen-bond acceptors (Lipinski definition) is 3. The van der Waals surface area contributed by atoms with E-state index in [0.29, 0.717) is 11.3 Å². The van der Waals surface area contributed by atoms with Gasteiger partial charge in [-0.15, -0.1) is 0 Å². The Morgan fingerprint density at radius 1 is 0.960 bits per heavy atom. The van der Waals surface area contributed by atoms with Gasteiger partial charge in [0.25, 0.3) is 0 Å². The van der Waals surface area contributed by atoms with Crippen molar-refractivity contribution >= 4 is 17.0 Å². The van der Waals surface area contributed by atoms with Gasteiger partial charge in [0, 0.05) is 16.8 Å². The summed E-state index contributed by atoms with van der Waals surface area (Å²) in [6, 6.07) is 12.7. The molecular weight excluding hydrogens is 316 g/mol. The molecule has 2 aromatic carbocycles. The molecule has 0 fully saturated rings. The van der Waals surface area contributed by atoms with Crippen molar-refractivity contribution in [2.24, 2.45) is 0 Å². The molecule has 4 aromatic rings. The predicted octanol–water partition coefficient (Wildman–Crippen LogP) is 3.94. The fourth-order valence-corrected chi connectivity index (χ4v) is 2.84. The van der Waals surface area contributed by atoms with Gasteiger partial charge in [-0.25, -0.2) is 14.8 Å². The first-order valence-electron chi connectivity index (χ1n) is 7.89. The Balaban J connectivity index is 1.87. The van der Waals surface area contributed by atoms with Gasteiger partial charge in [0.15, 0.2) is 0 Å². The van der Waals surface area contributed by atoms with Crippen LogP contribution >= 0.6 is 0 Å². The van der Waals surface area contributed by atoms with Crippen molar-refractivity contribution in [3.05, 3.63) is 59.4 Å². The number of benzene rings is 2. The van der Waals surface area contributed by atoms with Crippen molar-refractivity contribution in [3.8, 4) is 22.8 Å². The number of aromatic nitrogens is 4. The number of aromatic carboxylic acids is 1. The zero-order valence-corrected chi connectivity index (χ0v) is 13.8. The van der Waals surface area contributed by atoms with Crippen molar-refractivity contribution < 1.29 is 9.90 Å². The van der Waals surface area contributed by atoms with Crippen LogP contribution in [0.1, 0.15) is 21.7 Å². The van der Waals surface area contributed by atoms with E-state index in [-0.39, 0.29) is 5.56 Å². The number of nitrogens with zero attached hydrogens (tertiary/aromatic N) is 2. The number of aryl methyl sites for hydroxylation is 2. The van der Waals surface area contributed by atoms with Crippen molar-refractivity contribution in [1.29, 1.82) is 0 Å². The van der Waals surface area contributed by atoms with E-state index in [1.54, 1.807) is 18.2 Å². The minimum absolute atomic E-state index is 0.230. The third kappa shape index (κ3) is 2.57. The normalized spacial score (nSPS) is 11.1. The molecule has 0 amide bonds. The van der Waals surface area contributed by atoms with E-state index < -0.39 is 5.97 Å². The van der Waals surface area contributed by atoms with Crippen molar-refractivity contribution in [1.82, 2.24) is 19.9 Å². The second kappa shape index (κ2) is 5.59. The van der Waals surface area contributed by atoms with Gasteiger partial charge in [-0.1, -0.05) is 24.3 Å². The van der Waals surface area contributed by atoms with Crippen molar-refractivity contribution in [2.45, 2.75) is 13.8 Å². The van der Waals surface area contributed by atoms with Crippen LogP contribution in [0.5, 0.6) is 0 Å². The number of carboxylic acid groups (broad SMARTS) is 1. The lowest BCUT2D eigenvalue weighted by Gasteiger charge is -2.04. The van der Waals surface area contributed by atoms with Crippen LogP contribution < -0.4 is 0 Å².